The lowest BCUT2D eigenvalue weighted by Crippen LogP contribution is -2.24. The van der Waals surface area contributed by atoms with E-state index in [0.717, 1.165) is 6.42 Å². The van der Waals surface area contributed by atoms with Crippen molar-refractivity contribution in [1.82, 2.24) is 5.43 Å². The Bertz CT molecular complexity index is 295. The summed E-state index contributed by atoms with van der Waals surface area (Å²) in [4.78, 5) is 0. The van der Waals surface area contributed by atoms with Crippen LogP contribution >= 0.6 is 12.2 Å². The molecular formula is C9H11N3S. The topological polar surface area (TPSA) is 50.4 Å². The van der Waals surface area contributed by atoms with E-state index in [4.69, 9.17) is 5.73 Å². The zero-order valence-electron chi connectivity index (χ0n) is 7.10. The van der Waals surface area contributed by atoms with Crippen LogP contribution in [0.4, 0.5) is 0 Å². The molecule has 0 amide bonds. The summed E-state index contributed by atoms with van der Waals surface area (Å²) in [7, 11) is 0. The molecule has 1 rings (SSSR count). The zero-order valence-corrected chi connectivity index (χ0v) is 7.92. The number of hydrogen-bond donors (Lipinski definition) is 2. The average Bonchev–Trinajstić information content (AvgIpc) is 2.14. The third kappa shape index (κ3) is 4.22. The number of thiocarbonyl (C=S) groups is 1. The first kappa shape index (κ1) is 9.67. The summed E-state index contributed by atoms with van der Waals surface area (Å²) in [5, 5.41) is 4.01. The number of nitrogens with two attached hydrogens (primary N) is 1. The molecule has 0 unspecified atom stereocenters. The van der Waals surface area contributed by atoms with Crippen LogP contribution in [0, 0.1) is 0 Å². The van der Waals surface area contributed by atoms with E-state index in [1.54, 1.807) is 6.21 Å². The fourth-order valence-corrected chi connectivity index (χ4v) is 0.927. The van der Waals surface area contributed by atoms with Crippen LogP contribution in [0.1, 0.15) is 5.56 Å². The summed E-state index contributed by atoms with van der Waals surface area (Å²) in [6, 6.07) is 10.0. The number of hydrogen-bond acceptors (Lipinski definition) is 2. The van der Waals surface area contributed by atoms with Gasteiger partial charge < -0.3 is 5.73 Å². The van der Waals surface area contributed by atoms with Gasteiger partial charge in [-0.1, -0.05) is 30.3 Å². The lowest BCUT2D eigenvalue weighted by molar-refractivity contribution is 1.03. The third-order valence-corrected chi connectivity index (χ3v) is 1.53. The SMILES string of the molecule is NC(=S)N/N=C\Cc1ccccc1. The van der Waals surface area contributed by atoms with Crippen molar-refractivity contribution in [3.05, 3.63) is 35.9 Å². The minimum atomic E-state index is 0.185. The maximum atomic E-state index is 5.18. The summed E-state index contributed by atoms with van der Waals surface area (Å²) in [6.07, 6.45) is 2.50. The maximum Gasteiger partial charge on any atom is 0.184 e. The van der Waals surface area contributed by atoms with Gasteiger partial charge in [0.05, 0.1) is 0 Å². The van der Waals surface area contributed by atoms with Crippen molar-refractivity contribution in [3.8, 4) is 0 Å². The second kappa shape index (κ2) is 5.27. The van der Waals surface area contributed by atoms with Crippen molar-refractivity contribution >= 4 is 23.5 Å². The van der Waals surface area contributed by atoms with Crippen molar-refractivity contribution in [3.63, 3.8) is 0 Å². The van der Waals surface area contributed by atoms with Gasteiger partial charge in [-0.15, -0.1) is 0 Å². The molecule has 1 aromatic rings. The van der Waals surface area contributed by atoms with Gasteiger partial charge in [-0.2, -0.15) is 5.10 Å². The molecule has 0 atom stereocenters. The van der Waals surface area contributed by atoms with Gasteiger partial charge in [0.2, 0.25) is 0 Å². The molecule has 0 aliphatic rings. The van der Waals surface area contributed by atoms with E-state index in [1.165, 1.54) is 5.56 Å². The average molecular weight is 193 g/mol. The molecule has 1 aromatic carbocycles. The Labute approximate surface area is 82.6 Å². The second-order valence-electron chi connectivity index (χ2n) is 2.48. The summed E-state index contributed by atoms with van der Waals surface area (Å²) in [6.45, 7) is 0. The summed E-state index contributed by atoms with van der Waals surface area (Å²) < 4.78 is 0. The Morgan fingerprint density at radius 3 is 2.77 bits per heavy atom. The van der Waals surface area contributed by atoms with E-state index in [9.17, 15) is 0 Å². The first-order valence-corrected chi connectivity index (χ1v) is 4.31. The predicted octanol–water partition coefficient (Wildman–Crippen LogP) is 1.05. The minimum Gasteiger partial charge on any atom is -0.375 e. The van der Waals surface area contributed by atoms with Gasteiger partial charge >= 0.3 is 0 Å². The van der Waals surface area contributed by atoms with Crippen LogP contribution in [0.15, 0.2) is 35.4 Å². The Kier molecular flexibility index (Phi) is 3.92. The van der Waals surface area contributed by atoms with Crippen molar-refractivity contribution in [2.75, 3.05) is 0 Å². The summed E-state index contributed by atoms with van der Waals surface area (Å²) >= 11 is 4.58. The number of nitrogens with zero attached hydrogens (tertiary/aromatic N) is 1. The number of hydrazone groups is 1. The van der Waals surface area contributed by atoms with Gasteiger partial charge in [0.25, 0.3) is 0 Å². The monoisotopic (exact) mass is 193 g/mol. The van der Waals surface area contributed by atoms with Crippen LogP contribution in [0.5, 0.6) is 0 Å². The highest BCUT2D eigenvalue weighted by Crippen LogP contribution is 1.96. The Morgan fingerprint density at radius 1 is 1.46 bits per heavy atom. The van der Waals surface area contributed by atoms with Crippen LogP contribution in [0.3, 0.4) is 0 Å². The Morgan fingerprint density at radius 2 is 2.15 bits per heavy atom. The largest absolute Gasteiger partial charge is 0.375 e. The number of nitrogens with one attached hydrogen (secondary N) is 1. The molecule has 0 aliphatic carbocycles. The summed E-state index contributed by atoms with van der Waals surface area (Å²) in [5.41, 5.74) is 8.88. The molecule has 0 aromatic heterocycles. The molecule has 68 valence electrons. The van der Waals surface area contributed by atoms with E-state index < -0.39 is 0 Å². The smallest absolute Gasteiger partial charge is 0.184 e. The molecule has 0 bridgehead atoms. The van der Waals surface area contributed by atoms with Gasteiger partial charge in [-0.25, -0.2) is 0 Å². The second-order valence-corrected chi connectivity index (χ2v) is 2.92. The zero-order chi connectivity index (χ0) is 9.52. The molecule has 0 saturated heterocycles. The molecule has 4 heteroatoms. The third-order valence-electron chi connectivity index (χ3n) is 1.44. The van der Waals surface area contributed by atoms with Gasteiger partial charge in [-0.05, 0) is 17.8 Å². The van der Waals surface area contributed by atoms with Crippen LogP contribution < -0.4 is 11.2 Å². The van der Waals surface area contributed by atoms with Crippen molar-refractivity contribution in [2.45, 2.75) is 6.42 Å². The fourth-order valence-electron chi connectivity index (χ4n) is 0.874. The predicted molar refractivity (Wildman–Crippen MR) is 58.6 cm³/mol. The number of rotatable bonds is 3. The van der Waals surface area contributed by atoms with Gasteiger partial charge in [0, 0.05) is 12.6 Å². The minimum absolute atomic E-state index is 0.185. The molecule has 3 N–H and O–H groups in total. The van der Waals surface area contributed by atoms with Crippen molar-refractivity contribution in [1.29, 1.82) is 0 Å². The van der Waals surface area contributed by atoms with Crippen LogP contribution in [0.25, 0.3) is 0 Å². The molecule has 0 radical (unpaired) electrons. The van der Waals surface area contributed by atoms with Crippen LogP contribution in [-0.4, -0.2) is 11.3 Å². The first-order valence-electron chi connectivity index (χ1n) is 3.90. The highest BCUT2D eigenvalue weighted by atomic mass is 32.1. The Hall–Kier alpha value is -1.42. The first-order chi connectivity index (χ1) is 6.29. The van der Waals surface area contributed by atoms with Crippen LogP contribution in [-0.2, 0) is 6.42 Å². The van der Waals surface area contributed by atoms with Gasteiger partial charge in [0.1, 0.15) is 0 Å². The molecule has 0 fully saturated rings. The van der Waals surface area contributed by atoms with E-state index in [0.29, 0.717) is 0 Å². The highest BCUT2D eigenvalue weighted by molar-refractivity contribution is 7.80. The fraction of sp³-hybridized carbons (Fsp3) is 0.111. The standard InChI is InChI=1S/C9H11N3S/c10-9(13)12-11-7-6-8-4-2-1-3-5-8/h1-5,7H,6H2,(H3,10,12,13)/b11-7-. The molecule has 0 saturated carbocycles. The Balaban J connectivity index is 2.35. The molecule has 0 spiro atoms. The molecule has 0 aliphatic heterocycles. The van der Waals surface area contributed by atoms with E-state index in [-0.39, 0.29) is 5.11 Å². The molecule has 13 heavy (non-hydrogen) atoms. The van der Waals surface area contributed by atoms with Gasteiger partial charge in [0.15, 0.2) is 5.11 Å². The van der Waals surface area contributed by atoms with E-state index in [1.807, 2.05) is 30.3 Å². The number of benzene rings is 1. The molecule has 0 heterocycles. The normalized spacial score (nSPS) is 10.2. The van der Waals surface area contributed by atoms with Crippen molar-refractivity contribution < 1.29 is 0 Å². The van der Waals surface area contributed by atoms with Gasteiger partial charge in [-0.3, -0.25) is 5.43 Å². The van der Waals surface area contributed by atoms with Crippen molar-refractivity contribution in [2.24, 2.45) is 10.8 Å². The quantitative estimate of drug-likeness (QED) is 0.428. The summed E-state index contributed by atoms with van der Waals surface area (Å²) in [5.74, 6) is 0. The highest BCUT2D eigenvalue weighted by Gasteiger charge is 1.86. The lowest BCUT2D eigenvalue weighted by atomic mass is 10.2. The van der Waals surface area contributed by atoms with E-state index >= 15 is 0 Å². The lowest BCUT2D eigenvalue weighted by Gasteiger charge is -1.95. The van der Waals surface area contributed by atoms with Crippen LogP contribution in [0.2, 0.25) is 0 Å². The maximum absolute atomic E-state index is 5.18. The molecular weight excluding hydrogens is 182 g/mol. The molecule has 3 nitrogen and oxygen atoms in total. The van der Waals surface area contributed by atoms with E-state index in [2.05, 4.69) is 22.7 Å².